The summed E-state index contributed by atoms with van der Waals surface area (Å²) in [5.41, 5.74) is 2.82. The van der Waals surface area contributed by atoms with Crippen molar-refractivity contribution < 1.29 is 14.3 Å². The van der Waals surface area contributed by atoms with Gasteiger partial charge in [-0.3, -0.25) is 14.2 Å². The Balaban J connectivity index is 1.23. The second kappa shape index (κ2) is 9.73. The molecule has 4 rings (SSSR count). The highest BCUT2D eigenvalue weighted by molar-refractivity contribution is 8.00. The Morgan fingerprint density at radius 3 is 2.70 bits per heavy atom. The van der Waals surface area contributed by atoms with Crippen LogP contribution in [0, 0.1) is 0 Å². The summed E-state index contributed by atoms with van der Waals surface area (Å²) < 4.78 is 7.17. The molecule has 0 aliphatic carbocycles. The lowest BCUT2D eigenvalue weighted by molar-refractivity contribution is -0.132. The van der Waals surface area contributed by atoms with Crippen molar-refractivity contribution in [3.63, 3.8) is 0 Å². The fourth-order valence-corrected chi connectivity index (χ4v) is 3.94. The van der Waals surface area contributed by atoms with E-state index in [9.17, 15) is 9.59 Å². The molecule has 30 heavy (non-hydrogen) atoms. The number of fused-ring (bicyclic) bond motifs is 1. The molecule has 1 saturated heterocycles. The van der Waals surface area contributed by atoms with E-state index in [4.69, 9.17) is 4.74 Å². The summed E-state index contributed by atoms with van der Waals surface area (Å²) in [5.74, 6) is 1.30. The number of nitrogens with zero attached hydrogens (tertiary/aromatic N) is 4. The molecule has 1 N–H and O–H groups in total. The molecule has 8 nitrogen and oxygen atoms in total. The number of para-hydroxylation sites is 2. The second-order valence-corrected chi connectivity index (χ2v) is 7.88. The van der Waals surface area contributed by atoms with Crippen LogP contribution in [0.5, 0.6) is 0 Å². The smallest absolute Gasteiger partial charge is 0.232 e. The minimum absolute atomic E-state index is 0.0583. The van der Waals surface area contributed by atoms with Gasteiger partial charge in [-0.05, 0) is 23.8 Å². The van der Waals surface area contributed by atoms with E-state index in [1.165, 1.54) is 11.8 Å². The quantitative estimate of drug-likeness (QED) is 0.619. The van der Waals surface area contributed by atoms with Gasteiger partial charge in [-0.1, -0.05) is 18.2 Å². The molecule has 3 heterocycles. The van der Waals surface area contributed by atoms with E-state index in [0.717, 1.165) is 22.4 Å². The third-order valence-corrected chi connectivity index (χ3v) is 5.74. The van der Waals surface area contributed by atoms with Crippen molar-refractivity contribution >= 4 is 34.6 Å². The van der Waals surface area contributed by atoms with E-state index >= 15 is 0 Å². The number of morpholine rings is 1. The average Bonchev–Trinajstić information content (AvgIpc) is 3.23. The monoisotopic (exact) mass is 425 g/mol. The van der Waals surface area contributed by atoms with Gasteiger partial charge in [0, 0.05) is 25.8 Å². The first kappa shape index (κ1) is 20.4. The minimum atomic E-state index is -0.0977. The molecule has 1 aromatic carbocycles. The van der Waals surface area contributed by atoms with Gasteiger partial charge in [0.2, 0.25) is 11.8 Å². The molecule has 2 aromatic heterocycles. The average molecular weight is 426 g/mol. The number of carbonyl (C=O) groups excluding carboxylic acids is 2. The standard InChI is InChI=1S/C21H23N5O3S/c27-20(13-30-14-21(28)25-7-9-29-10-8-25)23-12-16-5-6-19(22-11-16)26-15-24-17-3-1-2-4-18(17)26/h1-6,11,15H,7-10,12-14H2,(H,23,27). The fraction of sp³-hybridized carbons (Fsp3) is 0.333. The summed E-state index contributed by atoms with van der Waals surface area (Å²) in [7, 11) is 0. The number of rotatable bonds is 7. The summed E-state index contributed by atoms with van der Waals surface area (Å²) in [6, 6.07) is 11.7. The number of pyridine rings is 1. The number of carbonyl (C=O) groups is 2. The van der Waals surface area contributed by atoms with Gasteiger partial charge >= 0.3 is 0 Å². The van der Waals surface area contributed by atoms with Crippen molar-refractivity contribution in [2.24, 2.45) is 0 Å². The minimum Gasteiger partial charge on any atom is -0.378 e. The summed E-state index contributed by atoms with van der Waals surface area (Å²) in [5, 5.41) is 2.87. The molecular formula is C21H23N5O3S. The first-order chi connectivity index (χ1) is 14.7. The van der Waals surface area contributed by atoms with Crippen molar-refractivity contribution in [1.29, 1.82) is 0 Å². The molecule has 0 spiro atoms. The molecular weight excluding hydrogens is 402 g/mol. The topological polar surface area (TPSA) is 89.4 Å². The van der Waals surface area contributed by atoms with Gasteiger partial charge in [0.1, 0.15) is 12.1 Å². The number of aromatic nitrogens is 3. The van der Waals surface area contributed by atoms with Crippen molar-refractivity contribution in [2.45, 2.75) is 6.54 Å². The Morgan fingerprint density at radius 2 is 1.90 bits per heavy atom. The van der Waals surface area contributed by atoms with E-state index in [1.54, 1.807) is 17.4 Å². The van der Waals surface area contributed by atoms with Gasteiger partial charge in [0.05, 0.1) is 35.8 Å². The summed E-state index contributed by atoms with van der Waals surface area (Å²) in [4.78, 5) is 34.8. The van der Waals surface area contributed by atoms with E-state index < -0.39 is 0 Å². The largest absolute Gasteiger partial charge is 0.378 e. The molecule has 156 valence electrons. The predicted molar refractivity (Wildman–Crippen MR) is 115 cm³/mol. The van der Waals surface area contributed by atoms with E-state index in [1.807, 2.05) is 41.0 Å². The maximum atomic E-state index is 12.1. The lowest BCUT2D eigenvalue weighted by Gasteiger charge is -2.26. The molecule has 3 aromatic rings. The number of thioether (sulfide) groups is 1. The van der Waals surface area contributed by atoms with Crippen molar-refractivity contribution in [3.05, 3.63) is 54.5 Å². The number of ether oxygens (including phenoxy) is 1. The summed E-state index contributed by atoms with van der Waals surface area (Å²) in [6.45, 7) is 2.82. The van der Waals surface area contributed by atoms with Crippen LogP contribution in [0.2, 0.25) is 0 Å². The molecule has 2 amide bonds. The van der Waals surface area contributed by atoms with Crippen LogP contribution in [0.3, 0.4) is 0 Å². The Hall–Kier alpha value is -2.91. The highest BCUT2D eigenvalue weighted by Gasteiger charge is 2.17. The fourth-order valence-electron chi connectivity index (χ4n) is 3.19. The van der Waals surface area contributed by atoms with Crippen molar-refractivity contribution in [1.82, 2.24) is 24.8 Å². The second-order valence-electron chi connectivity index (χ2n) is 6.89. The van der Waals surface area contributed by atoms with Gasteiger partial charge in [-0.2, -0.15) is 0 Å². The zero-order valence-corrected chi connectivity index (χ0v) is 17.3. The van der Waals surface area contributed by atoms with Gasteiger partial charge in [0.25, 0.3) is 0 Å². The van der Waals surface area contributed by atoms with Gasteiger partial charge in [0.15, 0.2) is 0 Å². The summed E-state index contributed by atoms with van der Waals surface area (Å²) in [6.07, 6.45) is 3.50. The third kappa shape index (κ3) is 4.98. The molecule has 0 radical (unpaired) electrons. The van der Waals surface area contributed by atoms with Crippen molar-refractivity contribution in [2.75, 3.05) is 37.8 Å². The van der Waals surface area contributed by atoms with Crippen LogP contribution >= 0.6 is 11.8 Å². The zero-order valence-electron chi connectivity index (χ0n) is 16.5. The third-order valence-electron chi connectivity index (χ3n) is 4.82. The molecule has 0 unspecified atom stereocenters. The first-order valence-electron chi connectivity index (χ1n) is 9.78. The van der Waals surface area contributed by atoms with Gasteiger partial charge in [-0.15, -0.1) is 11.8 Å². The maximum absolute atomic E-state index is 12.1. The molecule has 0 bridgehead atoms. The molecule has 9 heteroatoms. The SMILES string of the molecule is O=C(CSCC(=O)N1CCOCC1)NCc1ccc(-n2cnc3ccccc32)nc1. The zero-order chi connectivity index (χ0) is 20.8. The summed E-state index contributed by atoms with van der Waals surface area (Å²) >= 11 is 1.33. The predicted octanol–water partition coefficient (Wildman–Crippen LogP) is 1.63. The van der Waals surface area contributed by atoms with E-state index in [0.29, 0.717) is 38.6 Å². The highest BCUT2D eigenvalue weighted by atomic mass is 32.2. The van der Waals surface area contributed by atoms with E-state index in [2.05, 4.69) is 15.3 Å². The normalized spacial score (nSPS) is 14.1. The highest BCUT2D eigenvalue weighted by Crippen LogP contribution is 2.16. The maximum Gasteiger partial charge on any atom is 0.232 e. The van der Waals surface area contributed by atoms with E-state index in [-0.39, 0.29) is 17.6 Å². The Labute approximate surface area is 178 Å². The van der Waals surface area contributed by atoms with Crippen LogP contribution in [0.4, 0.5) is 0 Å². The molecule has 1 aliphatic rings. The first-order valence-corrected chi connectivity index (χ1v) is 10.9. The lowest BCUT2D eigenvalue weighted by atomic mass is 10.2. The van der Waals surface area contributed by atoms with Gasteiger partial charge < -0.3 is 15.0 Å². The molecule has 1 aliphatic heterocycles. The molecule has 1 fully saturated rings. The number of amides is 2. The van der Waals surface area contributed by atoms with Crippen LogP contribution in [0.15, 0.2) is 48.9 Å². The Kier molecular flexibility index (Phi) is 6.60. The number of hydrogen-bond donors (Lipinski definition) is 1. The van der Waals surface area contributed by atoms with Gasteiger partial charge in [-0.25, -0.2) is 9.97 Å². The van der Waals surface area contributed by atoms with Crippen LogP contribution in [0.25, 0.3) is 16.9 Å². The molecule has 0 saturated carbocycles. The Bertz CT molecular complexity index is 1010. The number of nitrogens with one attached hydrogen (secondary N) is 1. The van der Waals surface area contributed by atoms with Crippen LogP contribution in [-0.4, -0.2) is 69.1 Å². The Morgan fingerprint density at radius 1 is 1.07 bits per heavy atom. The number of imidazole rings is 1. The van der Waals surface area contributed by atoms with Crippen molar-refractivity contribution in [3.8, 4) is 5.82 Å². The number of hydrogen-bond acceptors (Lipinski definition) is 6. The molecule has 0 atom stereocenters. The van der Waals surface area contributed by atoms with Crippen LogP contribution < -0.4 is 5.32 Å². The lowest BCUT2D eigenvalue weighted by Crippen LogP contribution is -2.41. The van der Waals surface area contributed by atoms with Crippen LogP contribution in [-0.2, 0) is 20.9 Å². The number of benzene rings is 1. The van der Waals surface area contributed by atoms with Crippen LogP contribution in [0.1, 0.15) is 5.56 Å².